The van der Waals surface area contributed by atoms with Gasteiger partial charge < -0.3 is 10.6 Å². The van der Waals surface area contributed by atoms with Gasteiger partial charge in [-0.15, -0.1) is 12.4 Å². The quantitative estimate of drug-likeness (QED) is 0.861. The van der Waals surface area contributed by atoms with Gasteiger partial charge in [-0.3, -0.25) is 4.79 Å². The van der Waals surface area contributed by atoms with Gasteiger partial charge in [-0.2, -0.15) is 0 Å². The molecule has 2 rings (SSSR count). The van der Waals surface area contributed by atoms with Gasteiger partial charge in [-0.25, -0.2) is 8.42 Å². The van der Waals surface area contributed by atoms with E-state index in [1.54, 1.807) is 12.1 Å². The third-order valence-corrected chi connectivity index (χ3v) is 5.43. The highest BCUT2D eigenvalue weighted by molar-refractivity contribution is 7.90. The predicted octanol–water partition coefficient (Wildman–Crippen LogP) is 2.02. The fourth-order valence-corrected chi connectivity index (χ4v) is 3.45. The van der Waals surface area contributed by atoms with Crippen LogP contribution in [0.4, 0.5) is 0 Å². The maximum atomic E-state index is 12.2. The number of hydrogen-bond donors (Lipinski definition) is 2. The van der Waals surface area contributed by atoms with Crippen molar-refractivity contribution < 1.29 is 13.2 Å². The molecule has 0 saturated carbocycles. The average molecular weight is 361 g/mol. The number of piperidine rings is 1. The molecular weight excluding hydrogens is 336 g/mol. The molecule has 1 aromatic carbocycles. The van der Waals surface area contributed by atoms with E-state index >= 15 is 0 Å². The molecule has 1 aliphatic heterocycles. The number of sulfone groups is 1. The molecule has 1 unspecified atom stereocenters. The smallest absolute Gasteiger partial charge is 0.251 e. The summed E-state index contributed by atoms with van der Waals surface area (Å²) in [6.45, 7) is 5.89. The summed E-state index contributed by atoms with van der Waals surface area (Å²) in [6, 6.07) is 6.36. The largest absolute Gasteiger partial charge is 0.350 e. The van der Waals surface area contributed by atoms with E-state index in [0.29, 0.717) is 12.1 Å². The molecule has 1 fully saturated rings. The number of carbonyl (C=O) groups excluding carboxylic acids is 1. The van der Waals surface area contributed by atoms with E-state index in [2.05, 4.69) is 24.5 Å². The number of carbonyl (C=O) groups is 1. The third-order valence-electron chi connectivity index (χ3n) is 4.32. The molecule has 7 heteroatoms. The van der Waals surface area contributed by atoms with Crippen LogP contribution in [0.15, 0.2) is 29.2 Å². The van der Waals surface area contributed by atoms with Crippen LogP contribution in [0.5, 0.6) is 0 Å². The lowest BCUT2D eigenvalue weighted by molar-refractivity contribution is 0.0928. The Balaban J connectivity index is 0.00000264. The van der Waals surface area contributed by atoms with Crippen molar-refractivity contribution in [3.63, 3.8) is 0 Å². The molecule has 0 spiro atoms. The molecule has 1 aliphatic rings. The highest BCUT2D eigenvalue weighted by atomic mass is 35.5. The summed E-state index contributed by atoms with van der Waals surface area (Å²) in [6.07, 6.45) is 3.41. The lowest BCUT2D eigenvalue weighted by atomic mass is 9.77. The van der Waals surface area contributed by atoms with Gasteiger partial charge >= 0.3 is 0 Å². The molecule has 23 heavy (non-hydrogen) atoms. The van der Waals surface area contributed by atoms with Gasteiger partial charge in [0.1, 0.15) is 0 Å². The van der Waals surface area contributed by atoms with Crippen molar-refractivity contribution in [2.45, 2.75) is 37.6 Å². The van der Waals surface area contributed by atoms with Crippen LogP contribution in [-0.2, 0) is 9.84 Å². The molecule has 1 aromatic rings. The second kappa shape index (κ2) is 7.64. The predicted molar refractivity (Wildman–Crippen MR) is 93.9 cm³/mol. The average Bonchev–Trinajstić information content (AvgIpc) is 2.44. The van der Waals surface area contributed by atoms with Crippen LogP contribution in [0.1, 0.15) is 37.0 Å². The minimum Gasteiger partial charge on any atom is -0.350 e. The first-order chi connectivity index (χ1) is 10.2. The maximum absolute atomic E-state index is 12.2. The lowest BCUT2D eigenvalue weighted by Crippen LogP contribution is -2.52. The van der Waals surface area contributed by atoms with Crippen LogP contribution >= 0.6 is 12.4 Å². The Morgan fingerprint density at radius 3 is 2.70 bits per heavy atom. The summed E-state index contributed by atoms with van der Waals surface area (Å²) < 4.78 is 23.1. The third kappa shape index (κ3) is 5.19. The standard InChI is InChI=1S/C16H24N2O3S.ClH/c1-16(2)8-5-9-17-14(16)11-18-15(19)12-6-4-7-13(10-12)22(3,20)21;/h4,6-7,10,14,17H,5,8-9,11H2,1-3H3,(H,18,19);1H. The summed E-state index contributed by atoms with van der Waals surface area (Å²) in [5.41, 5.74) is 0.511. The molecule has 2 N–H and O–H groups in total. The number of nitrogens with one attached hydrogen (secondary N) is 2. The Kier molecular flexibility index (Phi) is 6.62. The SMILES string of the molecule is CC1(C)CCCNC1CNC(=O)c1cccc(S(C)(=O)=O)c1.Cl. The molecular formula is C16H25ClN2O3S. The Hall–Kier alpha value is -1.11. The Labute approximate surface area is 144 Å². The summed E-state index contributed by atoms with van der Waals surface area (Å²) >= 11 is 0. The van der Waals surface area contributed by atoms with E-state index in [4.69, 9.17) is 0 Å². The first kappa shape index (κ1) is 19.9. The molecule has 130 valence electrons. The van der Waals surface area contributed by atoms with Crippen LogP contribution in [0.3, 0.4) is 0 Å². The van der Waals surface area contributed by atoms with E-state index in [1.807, 2.05) is 0 Å². The van der Waals surface area contributed by atoms with Crippen molar-refractivity contribution in [3.8, 4) is 0 Å². The Morgan fingerprint density at radius 1 is 1.39 bits per heavy atom. The fourth-order valence-electron chi connectivity index (χ4n) is 2.78. The van der Waals surface area contributed by atoms with Crippen LogP contribution < -0.4 is 10.6 Å². The molecule has 0 aromatic heterocycles. The molecule has 5 nitrogen and oxygen atoms in total. The van der Waals surface area contributed by atoms with Crippen molar-refractivity contribution >= 4 is 28.2 Å². The van der Waals surface area contributed by atoms with Gasteiger partial charge in [-0.05, 0) is 43.0 Å². The van der Waals surface area contributed by atoms with E-state index < -0.39 is 9.84 Å². The van der Waals surface area contributed by atoms with Crippen LogP contribution in [0.25, 0.3) is 0 Å². The molecule has 0 radical (unpaired) electrons. The van der Waals surface area contributed by atoms with Crippen molar-refractivity contribution in [2.24, 2.45) is 5.41 Å². The van der Waals surface area contributed by atoms with Gasteiger partial charge in [0.25, 0.3) is 5.91 Å². The zero-order valence-electron chi connectivity index (χ0n) is 13.8. The van der Waals surface area contributed by atoms with Crippen LogP contribution in [-0.4, -0.2) is 39.7 Å². The van der Waals surface area contributed by atoms with E-state index in [9.17, 15) is 13.2 Å². The fraction of sp³-hybridized carbons (Fsp3) is 0.562. The summed E-state index contributed by atoms with van der Waals surface area (Å²) in [5, 5.41) is 6.35. The van der Waals surface area contributed by atoms with Crippen molar-refractivity contribution in [3.05, 3.63) is 29.8 Å². The second-order valence-corrected chi connectivity index (χ2v) is 8.62. The normalized spacial score (nSPS) is 20.4. The van der Waals surface area contributed by atoms with Crippen molar-refractivity contribution in [2.75, 3.05) is 19.3 Å². The number of hydrogen-bond acceptors (Lipinski definition) is 4. The van der Waals surface area contributed by atoms with E-state index in [-0.39, 0.29) is 34.7 Å². The zero-order valence-corrected chi connectivity index (χ0v) is 15.4. The molecule has 1 amide bonds. The van der Waals surface area contributed by atoms with Gasteiger partial charge in [0.05, 0.1) is 4.90 Å². The lowest BCUT2D eigenvalue weighted by Gasteiger charge is -2.39. The molecule has 1 saturated heterocycles. The van der Waals surface area contributed by atoms with Crippen LogP contribution in [0, 0.1) is 5.41 Å². The summed E-state index contributed by atoms with van der Waals surface area (Å²) in [5.74, 6) is -0.242. The van der Waals surface area contributed by atoms with Gasteiger partial charge in [-0.1, -0.05) is 19.9 Å². The van der Waals surface area contributed by atoms with Gasteiger partial charge in [0.15, 0.2) is 9.84 Å². The minimum atomic E-state index is -3.31. The monoisotopic (exact) mass is 360 g/mol. The summed E-state index contributed by atoms with van der Waals surface area (Å²) in [7, 11) is -3.31. The van der Waals surface area contributed by atoms with Crippen molar-refractivity contribution in [1.29, 1.82) is 0 Å². The molecule has 0 bridgehead atoms. The number of halogens is 1. The maximum Gasteiger partial charge on any atom is 0.251 e. The highest BCUT2D eigenvalue weighted by Crippen LogP contribution is 2.29. The highest BCUT2D eigenvalue weighted by Gasteiger charge is 2.32. The zero-order chi connectivity index (χ0) is 16.4. The summed E-state index contributed by atoms with van der Waals surface area (Å²) in [4.78, 5) is 12.4. The Morgan fingerprint density at radius 2 is 2.09 bits per heavy atom. The first-order valence-corrected chi connectivity index (χ1v) is 9.41. The minimum absolute atomic E-state index is 0. The molecule has 1 atom stereocenters. The number of benzene rings is 1. The van der Waals surface area contributed by atoms with Crippen molar-refractivity contribution in [1.82, 2.24) is 10.6 Å². The first-order valence-electron chi connectivity index (χ1n) is 7.52. The van der Waals surface area contributed by atoms with E-state index in [1.165, 1.54) is 12.1 Å². The number of amides is 1. The Bertz CT molecular complexity index is 659. The molecule has 1 heterocycles. The number of rotatable bonds is 4. The molecule has 0 aliphatic carbocycles. The van der Waals surface area contributed by atoms with E-state index in [0.717, 1.165) is 25.6 Å². The van der Waals surface area contributed by atoms with Gasteiger partial charge in [0.2, 0.25) is 0 Å². The van der Waals surface area contributed by atoms with Gasteiger partial charge in [0, 0.05) is 24.4 Å². The second-order valence-electron chi connectivity index (χ2n) is 6.61. The topological polar surface area (TPSA) is 75.3 Å². The van der Waals surface area contributed by atoms with Crippen LogP contribution in [0.2, 0.25) is 0 Å².